The first-order valence-electron chi connectivity index (χ1n) is 7.90. The SMILES string of the molecule is O=C1/C(=C\c2ccc(-c3cccc(Cl)c3)o2)NC(=S)N1c1ccccc1. The Morgan fingerprint density at radius 3 is 2.62 bits per heavy atom. The highest BCUT2D eigenvalue weighted by atomic mass is 35.5. The first kappa shape index (κ1) is 16.6. The lowest BCUT2D eigenvalue weighted by Crippen LogP contribution is -2.30. The van der Waals surface area contributed by atoms with Crippen LogP contribution in [0.15, 0.2) is 76.8 Å². The van der Waals surface area contributed by atoms with Crippen LogP contribution in [-0.2, 0) is 4.79 Å². The van der Waals surface area contributed by atoms with Crippen LogP contribution >= 0.6 is 23.8 Å². The Hall–Kier alpha value is -2.89. The molecule has 4 nitrogen and oxygen atoms in total. The number of rotatable bonds is 3. The van der Waals surface area contributed by atoms with Crippen LogP contribution in [0, 0.1) is 0 Å². The van der Waals surface area contributed by atoms with E-state index in [1.165, 1.54) is 4.90 Å². The molecule has 0 atom stereocenters. The van der Waals surface area contributed by atoms with Gasteiger partial charge in [-0.1, -0.05) is 41.9 Å². The van der Waals surface area contributed by atoms with Gasteiger partial charge in [0.1, 0.15) is 17.2 Å². The quantitative estimate of drug-likeness (QED) is 0.520. The molecular formula is C20H13ClN2O2S. The molecule has 1 aromatic heterocycles. The van der Waals surface area contributed by atoms with Gasteiger partial charge in [0.05, 0.1) is 5.69 Å². The normalized spacial score (nSPS) is 15.6. The van der Waals surface area contributed by atoms with Crippen molar-refractivity contribution in [1.82, 2.24) is 5.32 Å². The maximum Gasteiger partial charge on any atom is 0.281 e. The summed E-state index contributed by atoms with van der Waals surface area (Å²) in [4.78, 5) is 14.2. The minimum Gasteiger partial charge on any atom is -0.457 e. The Kier molecular flexibility index (Phi) is 4.32. The number of nitrogens with zero attached hydrogens (tertiary/aromatic N) is 1. The van der Waals surface area contributed by atoms with Gasteiger partial charge in [-0.3, -0.25) is 9.69 Å². The summed E-state index contributed by atoms with van der Waals surface area (Å²) in [6.07, 6.45) is 1.64. The molecule has 0 saturated carbocycles. The van der Waals surface area contributed by atoms with Gasteiger partial charge in [0, 0.05) is 16.7 Å². The molecule has 2 heterocycles. The molecule has 1 saturated heterocycles. The maximum absolute atomic E-state index is 12.7. The minimum atomic E-state index is -0.220. The molecule has 3 aromatic rings. The van der Waals surface area contributed by atoms with E-state index in [0.717, 1.165) is 11.3 Å². The second-order valence-electron chi connectivity index (χ2n) is 5.68. The molecular weight excluding hydrogens is 368 g/mol. The molecule has 26 heavy (non-hydrogen) atoms. The van der Waals surface area contributed by atoms with Crippen LogP contribution in [-0.4, -0.2) is 11.0 Å². The van der Waals surface area contributed by atoms with Crippen molar-refractivity contribution in [3.63, 3.8) is 0 Å². The van der Waals surface area contributed by atoms with Crippen LogP contribution in [0.5, 0.6) is 0 Å². The number of benzene rings is 2. The minimum absolute atomic E-state index is 0.220. The molecule has 1 fully saturated rings. The van der Waals surface area contributed by atoms with E-state index in [1.807, 2.05) is 54.6 Å². The van der Waals surface area contributed by atoms with Crippen molar-refractivity contribution in [3.05, 3.63) is 83.2 Å². The Morgan fingerprint density at radius 2 is 1.85 bits per heavy atom. The lowest BCUT2D eigenvalue weighted by molar-refractivity contribution is -0.113. The largest absolute Gasteiger partial charge is 0.457 e. The smallest absolute Gasteiger partial charge is 0.281 e. The van der Waals surface area contributed by atoms with Crippen LogP contribution in [0.25, 0.3) is 17.4 Å². The molecule has 1 N–H and O–H groups in total. The van der Waals surface area contributed by atoms with E-state index in [2.05, 4.69) is 5.32 Å². The maximum atomic E-state index is 12.7. The number of furan rings is 1. The van der Waals surface area contributed by atoms with Crippen LogP contribution in [0.3, 0.4) is 0 Å². The molecule has 1 aliphatic rings. The first-order valence-corrected chi connectivity index (χ1v) is 8.68. The number of carbonyl (C=O) groups is 1. The molecule has 0 bridgehead atoms. The van der Waals surface area contributed by atoms with Crippen molar-refractivity contribution in [2.75, 3.05) is 4.90 Å². The van der Waals surface area contributed by atoms with E-state index < -0.39 is 0 Å². The van der Waals surface area contributed by atoms with Crippen LogP contribution in [0.4, 0.5) is 5.69 Å². The standard InChI is InChI=1S/C20H13ClN2O2S/c21-14-6-4-5-13(11-14)18-10-9-16(25-18)12-17-19(24)23(20(26)22-17)15-7-2-1-3-8-15/h1-12H,(H,22,26)/b17-12+. The van der Waals surface area contributed by atoms with Crippen molar-refractivity contribution >= 4 is 46.6 Å². The molecule has 1 amide bonds. The molecule has 4 rings (SSSR count). The number of anilines is 1. The average Bonchev–Trinajstić information content (AvgIpc) is 3.21. The van der Waals surface area contributed by atoms with E-state index >= 15 is 0 Å². The molecule has 0 radical (unpaired) electrons. The van der Waals surface area contributed by atoms with Gasteiger partial charge in [-0.15, -0.1) is 0 Å². The molecule has 0 spiro atoms. The predicted octanol–water partition coefficient (Wildman–Crippen LogP) is 4.86. The number of halogens is 1. The lowest BCUT2D eigenvalue weighted by atomic mass is 10.2. The average molecular weight is 381 g/mol. The Labute approximate surface area is 160 Å². The van der Waals surface area contributed by atoms with E-state index in [-0.39, 0.29) is 5.91 Å². The fourth-order valence-electron chi connectivity index (χ4n) is 2.72. The second-order valence-corrected chi connectivity index (χ2v) is 6.50. The van der Waals surface area contributed by atoms with Gasteiger partial charge in [0.2, 0.25) is 0 Å². The summed E-state index contributed by atoms with van der Waals surface area (Å²) in [5.41, 5.74) is 1.96. The zero-order chi connectivity index (χ0) is 18.1. The van der Waals surface area contributed by atoms with Crippen LogP contribution in [0.1, 0.15) is 5.76 Å². The molecule has 2 aromatic carbocycles. The number of hydrogen-bond donors (Lipinski definition) is 1. The molecule has 128 valence electrons. The zero-order valence-electron chi connectivity index (χ0n) is 13.5. The van der Waals surface area contributed by atoms with E-state index in [1.54, 1.807) is 18.2 Å². The molecule has 6 heteroatoms. The summed E-state index contributed by atoms with van der Waals surface area (Å²) >= 11 is 11.3. The number of amides is 1. The number of thiocarbonyl (C=S) groups is 1. The monoisotopic (exact) mass is 380 g/mol. The first-order chi connectivity index (χ1) is 12.6. The van der Waals surface area contributed by atoms with Gasteiger partial charge >= 0.3 is 0 Å². The van der Waals surface area contributed by atoms with Gasteiger partial charge < -0.3 is 9.73 Å². The predicted molar refractivity (Wildman–Crippen MR) is 107 cm³/mol. The van der Waals surface area contributed by atoms with Crippen molar-refractivity contribution < 1.29 is 9.21 Å². The molecule has 1 aliphatic heterocycles. The van der Waals surface area contributed by atoms with Gasteiger partial charge in [-0.2, -0.15) is 0 Å². The van der Waals surface area contributed by atoms with Gasteiger partial charge in [-0.25, -0.2) is 0 Å². The van der Waals surface area contributed by atoms with E-state index in [9.17, 15) is 4.79 Å². The summed E-state index contributed by atoms with van der Waals surface area (Å²) in [7, 11) is 0. The van der Waals surface area contributed by atoms with E-state index in [0.29, 0.717) is 27.4 Å². The fourth-order valence-corrected chi connectivity index (χ4v) is 3.20. The Balaban J connectivity index is 1.62. The fraction of sp³-hybridized carbons (Fsp3) is 0. The topological polar surface area (TPSA) is 45.5 Å². The number of nitrogens with one attached hydrogen (secondary N) is 1. The summed E-state index contributed by atoms with van der Waals surface area (Å²) in [6.45, 7) is 0. The lowest BCUT2D eigenvalue weighted by Gasteiger charge is -2.13. The highest BCUT2D eigenvalue weighted by Gasteiger charge is 2.32. The molecule has 0 unspecified atom stereocenters. The summed E-state index contributed by atoms with van der Waals surface area (Å²) in [5.74, 6) is 1.00. The molecule has 0 aliphatic carbocycles. The van der Waals surface area contributed by atoms with Crippen molar-refractivity contribution in [2.24, 2.45) is 0 Å². The van der Waals surface area contributed by atoms with Crippen molar-refractivity contribution in [1.29, 1.82) is 0 Å². The van der Waals surface area contributed by atoms with Crippen LogP contribution < -0.4 is 10.2 Å². The Morgan fingerprint density at radius 1 is 1.04 bits per heavy atom. The highest BCUT2D eigenvalue weighted by molar-refractivity contribution is 7.80. The van der Waals surface area contributed by atoms with Gasteiger partial charge in [0.25, 0.3) is 5.91 Å². The van der Waals surface area contributed by atoms with Gasteiger partial charge in [0.15, 0.2) is 5.11 Å². The van der Waals surface area contributed by atoms with Gasteiger partial charge in [-0.05, 0) is 48.6 Å². The summed E-state index contributed by atoms with van der Waals surface area (Å²) in [5, 5.41) is 3.92. The third-order valence-corrected chi connectivity index (χ3v) is 4.43. The zero-order valence-corrected chi connectivity index (χ0v) is 15.1. The third-order valence-electron chi connectivity index (χ3n) is 3.92. The number of para-hydroxylation sites is 1. The van der Waals surface area contributed by atoms with E-state index in [4.69, 9.17) is 28.2 Å². The van der Waals surface area contributed by atoms with Crippen molar-refractivity contribution in [3.8, 4) is 11.3 Å². The number of hydrogen-bond acceptors (Lipinski definition) is 3. The summed E-state index contributed by atoms with van der Waals surface area (Å²) < 4.78 is 5.82. The van der Waals surface area contributed by atoms with Crippen LogP contribution in [0.2, 0.25) is 5.02 Å². The highest BCUT2D eigenvalue weighted by Crippen LogP contribution is 2.27. The third kappa shape index (κ3) is 3.14. The second kappa shape index (κ2) is 6.78. The van der Waals surface area contributed by atoms with Crippen molar-refractivity contribution in [2.45, 2.75) is 0 Å². The number of carbonyl (C=O) groups excluding carboxylic acids is 1. The summed E-state index contributed by atoms with van der Waals surface area (Å²) in [6, 6.07) is 20.3. The Bertz CT molecular complexity index is 1030.